The van der Waals surface area contributed by atoms with Crippen LogP contribution >= 0.6 is 0 Å². The molecule has 0 bridgehead atoms. The molecule has 0 radical (unpaired) electrons. The number of hydrogen-bond acceptors (Lipinski definition) is 5. The van der Waals surface area contributed by atoms with Crippen molar-refractivity contribution < 1.29 is 17.9 Å². The van der Waals surface area contributed by atoms with E-state index in [1.165, 1.54) is 0 Å². The molecule has 2 rings (SSSR count). The Morgan fingerprint density at radius 1 is 1.38 bits per heavy atom. The molecule has 6 heteroatoms. The van der Waals surface area contributed by atoms with Gasteiger partial charge in [-0.15, -0.1) is 0 Å². The Hall–Kier alpha value is -1.27. The fourth-order valence-corrected chi connectivity index (χ4v) is 4.78. The molecule has 21 heavy (non-hydrogen) atoms. The standard InChI is InChI=1S/C15H23NO4S/c1-4-20-13-7-5-6-12(14(13)19-3)10-16-15(2)8-9-21(17,18)11-15/h5-7,16H,4,8-11H2,1-3H3. The van der Waals surface area contributed by atoms with Crippen LogP contribution in [0.15, 0.2) is 18.2 Å². The largest absolute Gasteiger partial charge is 0.493 e. The minimum Gasteiger partial charge on any atom is -0.493 e. The van der Waals surface area contributed by atoms with Crippen LogP contribution < -0.4 is 14.8 Å². The molecular weight excluding hydrogens is 290 g/mol. The summed E-state index contributed by atoms with van der Waals surface area (Å²) in [5.41, 5.74) is 0.597. The molecule has 1 aromatic carbocycles. The second-order valence-electron chi connectivity index (χ2n) is 5.64. The molecule has 1 N–H and O–H groups in total. The number of benzene rings is 1. The first-order valence-corrected chi connectivity index (χ1v) is 8.95. The number of rotatable bonds is 6. The van der Waals surface area contributed by atoms with Crippen LogP contribution in [0.4, 0.5) is 0 Å². The molecule has 118 valence electrons. The van der Waals surface area contributed by atoms with Crippen molar-refractivity contribution in [3.05, 3.63) is 23.8 Å². The Morgan fingerprint density at radius 3 is 2.71 bits per heavy atom. The van der Waals surface area contributed by atoms with Gasteiger partial charge in [-0.1, -0.05) is 12.1 Å². The van der Waals surface area contributed by atoms with Crippen molar-refractivity contribution in [3.8, 4) is 11.5 Å². The average molecular weight is 313 g/mol. The van der Waals surface area contributed by atoms with Crippen molar-refractivity contribution in [3.63, 3.8) is 0 Å². The van der Waals surface area contributed by atoms with Gasteiger partial charge in [0, 0.05) is 17.6 Å². The van der Waals surface area contributed by atoms with Crippen molar-refractivity contribution in [1.29, 1.82) is 0 Å². The Labute approximate surface area is 126 Å². The van der Waals surface area contributed by atoms with E-state index in [0.717, 1.165) is 5.56 Å². The number of ether oxygens (including phenoxy) is 2. The van der Waals surface area contributed by atoms with Gasteiger partial charge in [-0.2, -0.15) is 0 Å². The van der Waals surface area contributed by atoms with Gasteiger partial charge in [0.1, 0.15) is 0 Å². The second-order valence-corrected chi connectivity index (χ2v) is 7.82. The molecule has 1 saturated heterocycles. The number of methoxy groups -OCH3 is 1. The van der Waals surface area contributed by atoms with Gasteiger partial charge in [0.05, 0.1) is 25.2 Å². The second kappa shape index (κ2) is 6.23. The lowest BCUT2D eigenvalue weighted by Crippen LogP contribution is -2.42. The summed E-state index contributed by atoms with van der Waals surface area (Å²) in [6, 6.07) is 5.74. The van der Waals surface area contributed by atoms with Crippen LogP contribution in [-0.2, 0) is 16.4 Å². The first kappa shape index (κ1) is 16.1. The molecule has 1 aliphatic heterocycles. The van der Waals surface area contributed by atoms with E-state index >= 15 is 0 Å². The maximum absolute atomic E-state index is 11.6. The van der Waals surface area contributed by atoms with Gasteiger partial charge in [0.2, 0.25) is 0 Å². The fraction of sp³-hybridized carbons (Fsp3) is 0.600. The zero-order valence-corrected chi connectivity index (χ0v) is 13.6. The van der Waals surface area contributed by atoms with Gasteiger partial charge < -0.3 is 14.8 Å². The molecule has 1 atom stereocenters. The van der Waals surface area contributed by atoms with Crippen molar-refractivity contribution in [2.45, 2.75) is 32.4 Å². The zero-order valence-electron chi connectivity index (χ0n) is 12.8. The lowest BCUT2D eigenvalue weighted by Gasteiger charge is -2.25. The highest BCUT2D eigenvalue weighted by Gasteiger charge is 2.37. The third-order valence-corrected chi connectivity index (χ3v) is 5.68. The molecule has 0 amide bonds. The first-order valence-electron chi connectivity index (χ1n) is 7.13. The minimum atomic E-state index is -2.91. The third-order valence-electron chi connectivity index (χ3n) is 3.77. The van der Waals surface area contributed by atoms with E-state index in [-0.39, 0.29) is 17.0 Å². The average Bonchev–Trinajstić information content (AvgIpc) is 2.71. The van der Waals surface area contributed by atoms with Crippen LogP contribution in [0.3, 0.4) is 0 Å². The molecule has 0 spiro atoms. The van der Waals surface area contributed by atoms with E-state index in [2.05, 4.69) is 5.32 Å². The van der Waals surface area contributed by atoms with Crippen molar-refractivity contribution >= 4 is 9.84 Å². The number of nitrogens with one attached hydrogen (secondary N) is 1. The lowest BCUT2D eigenvalue weighted by molar-refractivity contribution is 0.307. The van der Waals surface area contributed by atoms with E-state index in [0.29, 0.717) is 31.1 Å². The van der Waals surface area contributed by atoms with Gasteiger partial charge in [0.15, 0.2) is 21.3 Å². The van der Waals surface area contributed by atoms with Crippen LogP contribution in [0.25, 0.3) is 0 Å². The molecule has 1 aromatic rings. The highest BCUT2D eigenvalue weighted by atomic mass is 32.2. The van der Waals surface area contributed by atoms with Crippen molar-refractivity contribution in [2.75, 3.05) is 25.2 Å². The summed E-state index contributed by atoms with van der Waals surface area (Å²) in [6.45, 7) is 5.00. The predicted octanol–water partition coefficient (Wildman–Crippen LogP) is 1.76. The van der Waals surface area contributed by atoms with E-state index in [9.17, 15) is 8.42 Å². The SMILES string of the molecule is CCOc1cccc(CNC2(C)CCS(=O)(=O)C2)c1OC. The van der Waals surface area contributed by atoms with Gasteiger partial charge >= 0.3 is 0 Å². The minimum absolute atomic E-state index is 0.188. The highest BCUT2D eigenvalue weighted by Crippen LogP contribution is 2.32. The maximum Gasteiger partial charge on any atom is 0.165 e. The smallest absolute Gasteiger partial charge is 0.165 e. The van der Waals surface area contributed by atoms with Crippen molar-refractivity contribution in [2.24, 2.45) is 0 Å². The summed E-state index contributed by atoms with van der Waals surface area (Å²) in [5.74, 6) is 1.86. The molecule has 0 aromatic heterocycles. The molecule has 1 unspecified atom stereocenters. The third kappa shape index (κ3) is 3.89. The van der Waals surface area contributed by atoms with Crippen LogP contribution in [-0.4, -0.2) is 39.2 Å². The highest BCUT2D eigenvalue weighted by molar-refractivity contribution is 7.91. The van der Waals surface area contributed by atoms with E-state index in [4.69, 9.17) is 9.47 Å². The van der Waals surface area contributed by atoms with Crippen LogP contribution in [0.5, 0.6) is 11.5 Å². The Kier molecular flexibility index (Phi) is 4.78. The number of hydrogen-bond donors (Lipinski definition) is 1. The zero-order chi connectivity index (χ0) is 15.5. The number of sulfone groups is 1. The predicted molar refractivity (Wildman–Crippen MR) is 82.7 cm³/mol. The summed E-state index contributed by atoms with van der Waals surface area (Å²) in [4.78, 5) is 0. The van der Waals surface area contributed by atoms with E-state index in [1.807, 2.05) is 32.0 Å². The molecule has 1 fully saturated rings. The Bertz CT molecular complexity index is 600. The molecule has 0 saturated carbocycles. The number of para-hydroxylation sites is 1. The van der Waals surface area contributed by atoms with E-state index < -0.39 is 9.84 Å². The van der Waals surface area contributed by atoms with Crippen LogP contribution in [0, 0.1) is 0 Å². The first-order chi connectivity index (χ1) is 9.89. The maximum atomic E-state index is 11.6. The summed E-state index contributed by atoms with van der Waals surface area (Å²) >= 11 is 0. The normalized spacial score (nSPS) is 24.0. The molecule has 1 aliphatic rings. The topological polar surface area (TPSA) is 64.6 Å². The monoisotopic (exact) mass is 313 g/mol. The summed E-state index contributed by atoms with van der Waals surface area (Å²) in [7, 11) is -1.30. The molecule has 0 aliphatic carbocycles. The fourth-order valence-electron chi connectivity index (χ4n) is 2.66. The summed E-state index contributed by atoms with van der Waals surface area (Å²) in [6.07, 6.45) is 0.642. The Balaban J connectivity index is 2.12. The van der Waals surface area contributed by atoms with Gasteiger partial charge in [-0.05, 0) is 26.3 Å². The summed E-state index contributed by atoms with van der Waals surface area (Å²) < 4.78 is 34.3. The van der Waals surface area contributed by atoms with Gasteiger partial charge in [-0.3, -0.25) is 0 Å². The van der Waals surface area contributed by atoms with Crippen LogP contribution in [0.1, 0.15) is 25.8 Å². The molecular formula is C15H23NO4S. The lowest BCUT2D eigenvalue weighted by atomic mass is 10.0. The molecule has 5 nitrogen and oxygen atoms in total. The van der Waals surface area contributed by atoms with Crippen LogP contribution in [0.2, 0.25) is 0 Å². The van der Waals surface area contributed by atoms with E-state index in [1.54, 1.807) is 7.11 Å². The van der Waals surface area contributed by atoms with Crippen molar-refractivity contribution in [1.82, 2.24) is 5.32 Å². The molecule has 1 heterocycles. The Morgan fingerprint density at radius 2 is 2.14 bits per heavy atom. The van der Waals surface area contributed by atoms with Gasteiger partial charge in [0.25, 0.3) is 0 Å². The van der Waals surface area contributed by atoms with Gasteiger partial charge in [-0.25, -0.2) is 8.42 Å². The summed E-state index contributed by atoms with van der Waals surface area (Å²) in [5, 5.41) is 3.36. The quantitative estimate of drug-likeness (QED) is 0.867.